The summed E-state index contributed by atoms with van der Waals surface area (Å²) in [5.74, 6) is 0. The Morgan fingerprint density at radius 2 is 2.00 bits per heavy atom. The highest BCUT2D eigenvalue weighted by Gasteiger charge is 2.08. The smallest absolute Gasteiger partial charge is 0.274 e. The van der Waals surface area contributed by atoms with E-state index in [2.05, 4.69) is 15.3 Å². The molecular weight excluding hydrogens is 316 g/mol. The van der Waals surface area contributed by atoms with Crippen molar-refractivity contribution in [3.05, 3.63) is 82.5 Å². The maximum Gasteiger partial charge on any atom is 0.274 e. The molecule has 2 heterocycles. The number of rotatable bonds is 4. The normalized spacial score (nSPS) is 10.9. The number of aromatic amines is 1. The van der Waals surface area contributed by atoms with Crippen LogP contribution in [-0.4, -0.2) is 26.3 Å². The lowest BCUT2D eigenvalue weighted by molar-refractivity contribution is 0.112. The first-order chi connectivity index (χ1) is 12.2. The predicted molar refractivity (Wildman–Crippen MR) is 94.5 cm³/mol. The van der Waals surface area contributed by atoms with E-state index in [-0.39, 0.29) is 5.56 Å². The molecular formula is C19H14N4O2. The zero-order valence-corrected chi connectivity index (χ0v) is 13.2. The van der Waals surface area contributed by atoms with Gasteiger partial charge in [0, 0.05) is 22.7 Å². The highest BCUT2D eigenvalue weighted by atomic mass is 16.1. The van der Waals surface area contributed by atoms with Crippen molar-refractivity contribution in [2.45, 2.75) is 6.54 Å². The molecule has 6 nitrogen and oxygen atoms in total. The first-order valence-corrected chi connectivity index (χ1v) is 7.78. The Kier molecular flexibility index (Phi) is 3.70. The first-order valence-electron chi connectivity index (χ1n) is 7.78. The second kappa shape index (κ2) is 6.16. The average molecular weight is 330 g/mol. The molecule has 0 atom stereocenters. The summed E-state index contributed by atoms with van der Waals surface area (Å²) in [4.78, 5) is 23.7. The van der Waals surface area contributed by atoms with Crippen molar-refractivity contribution in [1.82, 2.24) is 20.0 Å². The van der Waals surface area contributed by atoms with Gasteiger partial charge in [-0.25, -0.2) is 4.68 Å². The molecule has 0 aliphatic rings. The van der Waals surface area contributed by atoms with E-state index in [4.69, 9.17) is 0 Å². The third-order valence-electron chi connectivity index (χ3n) is 4.11. The summed E-state index contributed by atoms with van der Waals surface area (Å²) in [6.07, 6.45) is 5.97. The van der Waals surface area contributed by atoms with Gasteiger partial charge in [0.2, 0.25) is 0 Å². The highest BCUT2D eigenvalue weighted by molar-refractivity contribution is 5.85. The molecule has 0 spiro atoms. The minimum atomic E-state index is -0.167. The molecule has 0 saturated carbocycles. The zero-order valence-electron chi connectivity index (χ0n) is 13.2. The summed E-state index contributed by atoms with van der Waals surface area (Å²) >= 11 is 0. The monoisotopic (exact) mass is 330 g/mol. The van der Waals surface area contributed by atoms with Gasteiger partial charge in [0.1, 0.15) is 6.29 Å². The van der Waals surface area contributed by atoms with E-state index in [1.165, 1.54) is 4.68 Å². The Bertz CT molecular complexity index is 1110. The Morgan fingerprint density at radius 3 is 2.80 bits per heavy atom. The lowest BCUT2D eigenvalue weighted by atomic mass is 10.1. The summed E-state index contributed by atoms with van der Waals surface area (Å²) in [5, 5.41) is 12.3. The third kappa shape index (κ3) is 2.85. The van der Waals surface area contributed by atoms with E-state index in [1.807, 2.05) is 24.3 Å². The van der Waals surface area contributed by atoms with Crippen LogP contribution in [0.5, 0.6) is 0 Å². The van der Waals surface area contributed by atoms with Gasteiger partial charge in [-0.15, -0.1) is 0 Å². The summed E-state index contributed by atoms with van der Waals surface area (Å²) in [5.41, 5.74) is 3.10. The molecule has 0 saturated heterocycles. The highest BCUT2D eigenvalue weighted by Crippen LogP contribution is 2.21. The number of aromatic nitrogens is 4. The molecule has 2 aromatic carbocycles. The second-order valence-corrected chi connectivity index (χ2v) is 5.76. The van der Waals surface area contributed by atoms with Gasteiger partial charge in [-0.05, 0) is 23.3 Å². The van der Waals surface area contributed by atoms with Gasteiger partial charge in [-0.1, -0.05) is 30.3 Å². The number of carbonyl (C=O) groups is 1. The van der Waals surface area contributed by atoms with Crippen LogP contribution in [0.25, 0.3) is 21.9 Å². The van der Waals surface area contributed by atoms with Crippen LogP contribution in [0.3, 0.4) is 0 Å². The van der Waals surface area contributed by atoms with Crippen LogP contribution in [0.2, 0.25) is 0 Å². The lowest BCUT2D eigenvalue weighted by Crippen LogP contribution is -2.23. The van der Waals surface area contributed by atoms with Crippen molar-refractivity contribution >= 4 is 17.1 Å². The molecule has 6 heteroatoms. The Hall–Kier alpha value is -3.54. The van der Waals surface area contributed by atoms with Gasteiger partial charge in [-0.3, -0.25) is 14.7 Å². The molecule has 0 aliphatic carbocycles. The molecule has 25 heavy (non-hydrogen) atoms. The number of hydrogen-bond acceptors (Lipinski definition) is 4. The Labute approximate surface area is 142 Å². The quantitative estimate of drug-likeness (QED) is 0.583. The summed E-state index contributed by atoms with van der Waals surface area (Å²) in [6.45, 7) is 0.312. The van der Waals surface area contributed by atoms with E-state index >= 15 is 0 Å². The number of fused-ring (bicyclic) bond motifs is 1. The number of nitrogens with zero attached hydrogens (tertiary/aromatic N) is 3. The van der Waals surface area contributed by atoms with Crippen molar-refractivity contribution in [3.8, 4) is 11.1 Å². The molecule has 0 aliphatic heterocycles. The fourth-order valence-electron chi connectivity index (χ4n) is 2.82. The standard InChI is InChI=1S/C19H14N4O2/c24-12-14-3-1-2-13(6-14)11-23-19(25)18-7-15(17-8-20-21-9-17)4-5-16(18)10-22-23/h1-10,12H,11H2,(H,20,21). The van der Waals surface area contributed by atoms with Crippen molar-refractivity contribution in [1.29, 1.82) is 0 Å². The maximum atomic E-state index is 12.8. The van der Waals surface area contributed by atoms with Crippen molar-refractivity contribution < 1.29 is 4.79 Å². The van der Waals surface area contributed by atoms with Gasteiger partial charge in [0.25, 0.3) is 5.56 Å². The Balaban J connectivity index is 1.78. The number of aldehydes is 1. The van der Waals surface area contributed by atoms with Crippen LogP contribution < -0.4 is 5.56 Å². The number of benzene rings is 2. The molecule has 0 amide bonds. The molecule has 0 radical (unpaired) electrons. The van der Waals surface area contributed by atoms with E-state index in [9.17, 15) is 9.59 Å². The molecule has 0 bridgehead atoms. The van der Waals surface area contributed by atoms with Crippen LogP contribution >= 0.6 is 0 Å². The SMILES string of the molecule is O=Cc1cccc(Cn2ncc3ccc(-c4cn[nH]c4)cc3c2=O)c1. The predicted octanol–water partition coefficient (Wildman–Crippen LogP) is 2.65. The van der Waals surface area contributed by atoms with Crippen LogP contribution in [0, 0.1) is 0 Å². The van der Waals surface area contributed by atoms with Crippen LogP contribution in [-0.2, 0) is 6.54 Å². The van der Waals surface area contributed by atoms with Gasteiger partial charge < -0.3 is 0 Å². The van der Waals surface area contributed by atoms with Crippen molar-refractivity contribution in [2.75, 3.05) is 0 Å². The van der Waals surface area contributed by atoms with Crippen molar-refractivity contribution in [3.63, 3.8) is 0 Å². The van der Waals surface area contributed by atoms with Gasteiger partial charge >= 0.3 is 0 Å². The molecule has 1 N–H and O–H groups in total. The minimum absolute atomic E-state index is 0.167. The van der Waals surface area contributed by atoms with E-state index < -0.39 is 0 Å². The van der Waals surface area contributed by atoms with E-state index in [1.54, 1.807) is 36.8 Å². The van der Waals surface area contributed by atoms with Gasteiger partial charge in [-0.2, -0.15) is 10.2 Å². The van der Waals surface area contributed by atoms with Gasteiger partial charge in [0.15, 0.2) is 0 Å². The largest absolute Gasteiger partial charge is 0.298 e. The van der Waals surface area contributed by atoms with Crippen LogP contribution in [0.1, 0.15) is 15.9 Å². The van der Waals surface area contributed by atoms with Gasteiger partial charge in [0.05, 0.1) is 24.3 Å². The average Bonchev–Trinajstić information content (AvgIpc) is 3.19. The second-order valence-electron chi connectivity index (χ2n) is 5.76. The fourth-order valence-corrected chi connectivity index (χ4v) is 2.82. The molecule has 4 rings (SSSR count). The van der Waals surface area contributed by atoms with E-state index in [0.29, 0.717) is 17.5 Å². The molecule has 0 unspecified atom stereocenters. The number of nitrogens with one attached hydrogen (secondary N) is 1. The minimum Gasteiger partial charge on any atom is -0.298 e. The topological polar surface area (TPSA) is 80.6 Å². The number of carbonyl (C=O) groups excluding carboxylic acids is 1. The van der Waals surface area contributed by atoms with Crippen molar-refractivity contribution in [2.24, 2.45) is 0 Å². The zero-order chi connectivity index (χ0) is 17.2. The first kappa shape index (κ1) is 15.0. The number of H-pyrrole nitrogens is 1. The molecule has 2 aromatic heterocycles. The number of hydrogen-bond donors (Lipinski definition) is 1. The van der Waals surface area contributed by atoms with Crippen LogP contribution in [0.15, 0.2) is 65.8 Å². The maximum absolute atomic E-state index is 12.8. The summed E-state index contributed by atoms with van der Waals surface area (Å²) in [7, 11) is 0. The lowest BCUT2D eigenvalue weighted by Gasteiger charge is -2.07. The van der Waals surface area contributed by atoms with Crippen LogP contribution in [0.4, 0.5) is 0 Å². The molecule has 4 aromatic rings. The third-order valence-corrected chi connectivity index (χ3v) is 4.11. The molecule has 122 valence electrons. The Morgan fingerprint density at radius 1 is 1.08 bits per heavy atom. The fraction of sp³-hybridized carbons (Fsp3) is 0.0526. The van der Waals surface area contributed by atoms with E-state index in [0.717, 1.165) is 28.4 Å². The summed E-state index contributed by atoms with van der Waals surface area (Å²) in [6, 6.07) is 12.8. The molecule has 0 fully saturated rings. The summed E-state index contributed by atoms with van der Waals surface area (Å²) < 4.78 is 1.41.